The summed E-state index contributed by atoms with van der Waals surface area (Å²) >= 11 is 1.36. The Labute approximate surface area is 109 Å². The monoisotopic (exact) mass is 268 g/mol. The maximum Gasteiger partial charge on any atom is 0.336 e. The number of carboxylic acid groups (broad SMARTS) is 1. The Morgan fingerprint density at radius 2 is 2.33 bits per heavy atom. The predicted molar refractivity (Wildman–Crippen MR) is 68.8 cm³/mol. The lowest BCUT2D eigenvalue weighted by molar-refractivity contribution is -0.122. The van der Waals surface area contributed by atoms with Gasteiger partial charge in [-0.1, -0.05) is 0 Å². The van der Waals surface area contributed by atoms with Crippen LogP contribution in [0.5, 0.6) is 0 Å². The molecule has 3 N–H and O–H groups in total. The van der Waals surface area contributed by atoms with Crippen LogP contribution >= 0.6 is 11.3 Å². The van der Waals surface area contributed by atoms with Crippen molar-refractivity contribution in [2.45, 2.75) is 31.8 Å². The van der Waals surface area contributed by atoms with Crippen LogP contribution in [0.15, 0.2) is 10.8 Å². The van der Waals surface area contributed by atoms with E-state index < -0.39 is 5.97 Å². The average Bonchev–Trinajstić information content (AvgIpc) is 2.71. The summed E-state index contributed by atoms with van der Waals surface area (Å²) in [5, 5.41) is 18.4. The summed E-state index contributed by atoms with van der Waals surface area (Å²) in [6.07, 6.45) is 2.81. The van der Waals surface area contributed by atoms with Gasteiger partial charge in [-0.2, -0.15) is 11.3 Å². The van der Waals surface area contributed by atoms with Crippen LogP contribution in [0.1, 0.15) is 35.2 Å². The molecule has 2 rings (SSSR count). The second-order valence-electron chi connectivity index (χ2n) is 4.34. The van der Waals surface area contributed by atoms with Crippen molar-refractivity contribution in [3.63, 3.8) is 0 Å². The third kappa shape index (κ3) is 3.08. The van der Waals surface area contributed by atoms with Crippen LogP contribution in [0.25, 0.3) is 0 Å². The molecule has 0 aliphatic carbocycles. The molecule has 2 heterocycles. The molecular formula is C12H16N2O3S. The predicted octanol–water partition coefficient (Wildman–Crippen LogP) is 1.20. The number of hydrogen-bond acceptors (Lipinski definition) is 4. The van der Waals surface area contributed by atoms with E-state index in [4.69, 9.17) is 5.11 Å². The Morgan fingerprint density at radius 3 is 3.11 bits per heavy atom. The van der Waals surface area contributed by atoms with E-state index in [-0.39, 0.29) is 11.9 Å². The fourth-order valence-electron chi connectivity index (χ4n) is 2.02. The largest absolute Gasteiger partial charge is 0.478 e. The topological polar surface area (TPSA) is 78.4 Å². The van der Waals surface area contributed by atoms with Crippen LogP contribution in [0, 0.1) is 0 Å². The van der Waals surface area contributed by atoms with Gasteiger partial charge in [0, 0.05) is 18.5 Å². The molecule has 6 heteroatoms. The highest BCUT2D eigenvalue weighted by Gasteiger charge is 2.20. The molecule has 1 aromatic heterocycles. The molecule has 1 amide bonds. The molecule has 5 nitrogen and oxygen atoms in total. The summed E-state index contributed by atoms with van der Waals surface area (Å²) in [6.45, 7) is 1.15. The third-order valence-corrected chi connectivity index (χ3v) is 3.84. The van der Waals surface area contributed by atoms with Gasteiger partial charge < -0.3 is 15.7 Å². The number of amides is 1. The lowest BCUT2D eigenvalue weighted by Crippen LogP contribution is -2.42. The van der Waals surface area contributed by atoms with Gasteiger partial charge in [0.15, 0.2) is 0 Å². The second-order valence-corrected chi connectivity index (χ2v) is 5.08. The molecule has 1 saturated heterocycles. The maximum absolute atomic E-state index is 11.7. The summed E-state index contributed by atoms with van der Waals surface area (Å²) in [5.41, 5.74) is 1.06. The van der Waals surface area contributed by atoms with Gasteiger partial charge in [0.25, 0.3) is 0 Å². The summed E-state index contributed by atoms with van der Waals surface area (Å²) < 4.78 is 0. The third-order valence-electron chi connectivity index (χ3n) is 3.05. The number of aromatic carboxylic acids is 1. The molecule has 0 saturated carbocycles. The van der Waals surface area contributed by atoms with Crippen LogP contribution in [0.3, 0.4) is 0 Å². The zero-order chi connectivity index (χ0) is 13.0. The van der Waals surface area contributed by atoms with Gasteiger partial charge >= 0.3 is 5.97 Å². The van der Waals surface area contributed by atoms with Crippen molar-refractivity contribution in [2.75, 3.05) is 6.54 Å². The van der Waals surface area contributed by atoms with Crippen molar-refractivity contribution in [1.29, 1.82) is 0 Å². The SMILES string of the molecule is O=C(O)c1cscc1CNC1CCCCNC1=O. The van der Waals surface area contributed by atoms with E-state index in [2.05, 4.69) is 10.6 Å². The molecule has 1 aliphatic rings. The first-order valence-corrected chi connectivity index (χ1v) is 6.92. The van der Waals surface area contributed by atoms with E-state index in [1.165, 1.54) is 11.3 Å². The summed E-state index contributed by atoms with van der Waals surface area (Å²) in [4.78, 5) is 22.7. The molecule has 1 fully saturated rings. The van der Waals surface area contributed by atoms with Crippen LogP contribution in [0.4, 0.5) is 0 Å². The first-order chi connectivity index (χ1) is 8.68. The van der Waals surface area contributed by atoms with Crippen LogP contribution in [-0.4, -0.2) is 29.6 Å². The Hall–Kier alpha value is -1.40. The summed E-state index contributed by atoms with van der Waals surface area (Å²) in [6, 6.07) is -0.214. The quantitative estimate of drug-likeness (QED) is 0.767. The number of rotatable bonds is 4. The van der Waals surface area contributed by atoms with Gasteiger partial charge in [-0.25, -0.2) is 4.79 Å². The van der Waals surface area contributed by atoms with Gasteiger partial charge in [0.2, 0.25) is 5.91 Å². The van der Waals surface area contributed by atoms with Crippen molar-refractivity contribution in [3.8, 4) is 0 Å². The first-order valence-electron chi connectivity index (χ1n) is 5.98. The van der Waals surface area contributed by atoms with E-state index in [1.807, 2.05) is 5.38 Å². The Kier molecular flexibility index (Phi) is 4.33. The van der Waals surface area contributed by atoms with E-state index in [0.29, 0.717) is 12.1 Å². The number of carboxylic acids is 1. The van der Waals surface area contributed by atoms with E-state index in [0.717, 1.165) is 31.4 Å². The zero-order valence-corrected chi connectivity index (χ0v) is 10.8. The fourth-order valence-corrected chi connectivity index (χ4v) is 2.85. The summed E-state index contributed by atoms with van der Waals surface area (Å²) in [7, 11) is 0. The molecule has 0 radical (unpaired) electrons. The van der Waals surface area contributed by atoms with Gasteiger partial charge in [-0.05, 0) is 30.2 Å². The van der Waals surface area contributed by atoms with Gasteiger partial charge in [0.1, 0.15) is 0 Å². The molecule has 0 spiro atoms. The lowest BCUT2D eigenvalue weighted by Gasteiger charge is -2.14. The van der Waals surface area contributed by atoms with Crippen molar-refractivity contribution >= 4 is 23.2 Å². The highest BCUT2D eigenvalue weighted by Crippen LogP contribution is 2.15. The molecule has 18 heavy (non-hydrogen) atoms. The highest BCUT2D eigenvalue weighted by atomic mass is 32.1. The van der Waals surface area contributed by atoms with Gasteiger partial charge in [-0.3, -0.25) is 4.79 Å². The normalized spacial score (nSPS) is 20.2. The molecule has 0 bridgehead atoms. The van der Waals surface area contributed by atoms with Crippen molar-refractivity contribution in [2.24, 2.45) is 0 Å². The minimum Gasteiger partial charge on any atom is -0.478 e. The molecular weight excluding hydrogens is 252 g/mol. The smallest absolute Gasteiger partial charge is 0.336 e. The van der Waals surface area contributed by atoms with E-state index in [1.54, 1.807) is 5.38 Å². The Balaban J connectivity index is 1.95. The Bertz CT molecular complexity index is 444. The fraction of sp³-hybridized carbons (Fsp3) is 0.500. The second kappa shape index (κ2) is 5.97. The standard InChI is InChI=1S/C12H16N2O3S/c15-11-10(3-1-2-4-13-11)14-5-8-6-18-7-9(8)12(16)17/h6-7,10,14H,1-5H2,(H,13,15)(H,16,17). The average molecular weight is 268 g/mol. The van der Waals surface area contributed by atoms with Crippen molar-refractivity contribution < 1.29 is 14.7 Å². The number of hydrogen-bond donors (Lipinski definition) is 3. The maximum atomic E-state index is 11.7. The molecule has 1 aliphatic heterocycles. The van der Waals surface area contributed by atoms with Crippen LogP contribution < -0.4 is 10.6 Å². The Morgan fingerprint density at radius 1 is 1.50 bits per heavy atom. The lowest BCUT2D eigenvalue weighted by atomic mass is 10.1. The van der Waals surface area contributed by atoms with E-state index >= 15 is 0 Å². The first kappa shape index (κ1) is 13.0. The number of carbonyl (C=O) groups is 2. The van der Waals surface area contributed by atoms with Gasteiger partial charge in [0.05, 0.1) is 11.6 Å². The van der Waals surface area contributed by atoms with Crippen molar-refractivity contribution in [1.82, 2.24) is 10.6 Å². The van der Waals surface area contributed by atoms with E-state index in [9.17, 15) is 9.59 Å². The molecule has 1 unspecified atom stereocenters. The minimum absolute atomic E-state index is 0.0135. The number of nitrogens with one attached hydrogen (secondary N) is 2. The van der Waals surface area contributed by atoms with Crippen molar-refractivity contribution in [3.05, 3.63) is 21.9 Å². The zero-order valence-electron chi connectivity index (χ0n) is 9.94. The van der Waals surface area contributed by atoms with Crippen LogP contribution in [0.2, 0.25) is 0 Å². The summed E-state index contributed by atoms with van der Waals surface area (Å²) in [5.74, 6) is -0.905. The highest BCUT2D eigenvalue weighted by molar-refractivity contribution is 7.08. The molecule has 98 valence electrons. The number of carbonyl (C=O) groups excluding carboxylic acids is 1. The van der Waals surface area contributed by atoms with Crippen LogP contribution in [-0.2, 0) is 11.3 Å². The molecule has 0 aromatic carbocycles. The number of thiophene rings is 1. The molecule has 1 atom stereocenters. The van der Waals surface area contributed by atoms with Gasteiger partial charge in [-0.15, -0.1) is 0 Å². The molecule has 1 aromatic rings. The minimum atomic E-state index is -0.918.